The van der Waals surface area contributed by atoms with Crippen molar-refractivity contribution in [3.63, 3.8) is 0 Å². The van der Waals surface area contributed by atoms with Crippen LogP contribution in [0, 0.1) is 29.5 Å². The molecule has 2 saturated carbocycles. The van der Waals surface area contributed by atoms with Gasteiger partial charge in [-0.15, -0.1) is 10.2 Å². The minimum absolute atomic E-state index is 0.0105. The number of aromatic nitrogens is 3. The third kappa shape index (κ3) is 4.21. The number of rotatable bonds is 5. The Morgan fingerprint density at radius 2 is 1.88 bits per heavy atom. The lowest BCUT2D eigenvalue weighted by molar-refractivity contribution is -0.141. The number of hydrogen-bond donors (Lipinski definition) is 1. The topological polar surface area (TPSA) is 77.0 Å². The second-order valence-corrected chi connectivity index (χ2v) is 8.67. The highest BCUT2D eigenvalue weighted by Gasteiger charge is 2.59. The molecule has 0 saturated heterocycles. The third-order valence-corrected chi connectivity index (χ3v) is 6.62. The van der Waals surface area contributed by atoms with Gasteiger partial charge in [0.2, 0.25) is 5.91 Å². The van der Waals surface area contributed by atoms with E-state index in [9.17, 15) is 22.4 Å². The Kier molecular flexibility index (Phi) is 5.18. The van der Waals surface area contributed by atoms with Crippen LogP contribution in [0.2, 0.25) is 0 Å². The van der Waals surface area contributed by atoms with E-state index in [1.54, 1.807) is 18.3 Å². The minimum atomic E-state index is -4.58. The van der Waals surface area contributed by atoms with Gasteiger partial charge in [-0.3, -0.25) is 9.78 Å². The van der Waals surface area contributed by atoms with Crippen molar-refractivity contribution in [1.29, 1.82) is 0 Å². The third-order valence-electron chi connectivity index (χ3n) is 6.62. The summed E-state index contributed by atoms with van der Waals surface area (Å²) in [6, 6.07) is 7.99. The highest BCUT2D eigenvalue weighted by Crippen LogP contribution is 2.61. The lowest BCUT2D eigenvalue weighted by Crippen LogP contribution is -2.26. The van der Waals surface area contributed by atoms with E-state index >= 15 is 0 Å². The van der Waals surface area contributed by atoms with E-state index in [0.717, 1.165) is 25.0 Å². The average Bonchev–Trinajstić information content (AvgIpc) is 3.27. The summed E-state index contributed by atoms with van der Waals surface area (Å²) in [5, 5.41) is 9.76. The highest BCUT2D eigenvalue weighted by molar-refractivity contribution is 5.91. The molecule has 1 aromatic carbocycles. The summed E-state index contributed by atoms with van der Waals surface area (Å²) in [7, 11) is 0. The smallest absolute Gasteiger partial charge is 0.435 e. The van der Waals surface area contributed by atoms with Crippen LogP contribution in [0.1, 0.15) is 25.5 Å². The van der Waals surface area contributed by atoms with E-state index < -0.39 is 11.9 Å². The molecule has 10 heteroatoms. The van der Waals surface area contributed by atoms with Crippen LogP contribution in [0.5, 0.6) is 5.75 Å². The maximum atomic E-state index is 13.7. The van der Waals surface area contributed by atoms with Gasteiger partial charge < -0.3 is 10.1 Å². The average molecular weight is 460 g/mol. The molecule has 2 heterocycles. The second kappa shape index (κ2) is 7.93. The van der Waals surface area contributed by atoms with Crippen molar-refractivity contribution < 1.29 is 27.1 Å². The van der Waals surface area contributed by atoms with E-state index in [2.05, 4.69) is 20.5 Å². The Bertz CT molecular complexity index is 1190. The monoisotopic (exact) mass is 460 g/mol. The van der Waals surface area contributed by atoms with Gasteiger partial charge in [-0.05, 0) is 67.0 Å². The Hall–Kier alpha value is -3.30. The second-order valence-electron chi connectivity index (χ2n) is 8.67. The molecule has 5 rings (SSSR count). The zero-order valence-corrected chi connectivity index (χ0v) is 17.5. The molecule has 3 atom stereocenters. The zero-order valence-electron chi connectivity index (χ0n) is 17.5. The number of hydrogen-bond acceptors (Lipinski definition) is 5. The fourth-order valence-electron chi connectivity index (χ4n) is 5.02. The molecule has 172 valence electrons. The Morgan fingerprint density at radius 1 is 1.12 bits per heavy atom. The van der Waals surface area contributed by atoms with Crippen LogP contribution < -0.4 is 10.1 Å². The molecule has 2 aliphatic carbocycles. The summed E-state index contributed by atoms with van der Waals surface area (Å²) in [4.78, 5) is 16.8. The van der Waals surface area contributed by atoms with Crippen LogP contribution in [0.15, 0.2) is 42.6 Å². The molecular weight excluding hydrogens is 440 g/mol. The van der Waals surface area contributed by atoms with E-state index in [1.165, 1.54) is 12.1 Å². The Labute approximate surface area is 186 Å². The molecular formula is C23H20F4N4O2. The van der Waals surface area contributed by atoms with E-state index in [-0.39, 0.29) is 35.5 Å². The highest BCUT2D eigenvalue weighted by atomic mass is 19.4. The van der Waals surface area contributed by atoms with Crippen molar-refractivity contribution in [3.05, 3.63) is 54.1 Å². The number of ether oxygens (including phenoxy) is 1. The summed E-state index contributed by atoms with van der Waals surface area (Å²) in [5.74, 6) is 0.458. The molecule has 0 aliphatic heterocycles. The largest absolute Gasteiger partial charge is 0.490 e. The molecule has 6 nitrogen and oxygen atoms in total. The quantitative estimate of drug-likeness (QED) is 0.551. The first-order chi connectivity index (χ1) is 15.7. The fourth-order valence-corrected chi connectivity index (χ4v) is 5.02. The lowest BCUT2D eigenvalue weighted by Gasteiger charge is -2.20. The number of pyridine rings is 1. The number of alkyl halides is 3. The summed E-state index contributed by atoms with van der Waals surface area (Å²) < 4.78 is 57.6. The molecule has 0 spiro atoms. The summed E-state index contributed by atoms with van der Waals surface area (Å²) >= 11 is 0. The van der Waals surface area contributed by atoms with Crippen LogP contribution in [0.4, 0.5) is 23.4 Å². The van der Waals surface area contributed by atoms with Gasteiger partial charge in [0.05, 0.1) is 11.6 Å². The molecule has 1 N–H and O–H groups in total. The van der Waals surface area contributed by atoms with Crippen LogP contribution in [-0.4, -0.2) is 27.2 Å². The van der Waals surface area contributed by atoms with Crippen LogP contribution in [0.25, 0.3) is 10.9 Å². The fraction of sp³-hybridized carbons (Fsp3) is 0.391. The van der Waals surface area contributed by atoms with E-state index in [0.29, 0.717) is 28.5 Å². The van der Waals surface area contributed by atoms with Gasteiger partial charge in [0, 0.05) is 17.5 Å². The predicted octanol–water partition coefficient (Wildman–Crippen LogP) is 4.86. The number of nitrogens with one attached hydrogen (secondary N) is 1. The van der Waals surface area contributed by atoms with Gasteiger partial charge in [0.1, 0.15) is 11.6 Å². The summed E-state index contributed by atoms with van der Waals surface area (Å²) in [6.07, 6.45) is -1.41. The van der Waals surface area contributed by atoms with Gasteiger partial charge in [-0.1, -0.05) is 6.92 Å². The number of amides is 1. The Balaban J connectivity index is 1.17. The van der Waals surface area contributed by atoms with Crippen molar-refractivity contribution in [2.24, 2.45) is 23.7 Å². The number of carbonyl (C=O) groups excluding carboxylic acids is 1. The number of benzene rings is 1. The van der Waals surface area contributed by atoms with Gasteiger partial charge in [0.15, 0.2) is 11.5 Å². The van der Waals surface area contributed by atoms with Crippen molar-refractivity contribution in [1.82, 2.24) is 15.2 Å². The van der Waals surface area contributed by atoms with Gasteiger partial charge in [-0.2, -0.15) is 13.2 Å². The molecule has 2 aromatic heterocycles. The molecule has 33 heavy (non-hydrogen) atoms. The van der Waals surface area contributed by atoms with E-state index in [1.807, 2.05) is 6.92 Å². The predicted molar refractivity (Wildman–Crippen MR) is 111 cm³/mol. The summed E-state index contributed by atoms with van der Waals surface area (Å²) in [5.41, 5.74) is -0.451. The van der Waals surface area contributed by atoms with Crippen molar-refractivity contribution in [3.8, 4) is 5.75 Å². The molecule has 2 aliphatic rings. The van der Waals surface area contributed by atoms with Crippen molar-refractivity contribution in [2.75, 3.05) is 5.32 Å². The molecule has 3 aromatic rings. The van der Waals surface area contributed by atoms with E-state index in [4.69, 9.17) is 4.74 Å². The van der Waals surface area contributed by atoms with Crippen LogP contribution >= 0.6 is 0 Å². The van der Waals surface area contributed by atoms with Crippen LogP contribution in [-0.2, 0) is 11.0 Å². The van der Waals surface area contributed by atoms with Crippen molar-refractivity contribution in [2.45, 2.75) is 32.0 Å². The minimum Gasteiger partial charge on any atom is -0.490 e. The zero-order chi connectivity index (χ0) is 23.3. The molecule has 1 amide bonds. The number of fused-ring (bicyclic) bond motifs is 2. The van der Waals surface area contributed by atoms with Gasteiger partial charge in [0.25, 0.3) is 0 Å². The number of anilines is 1. The van der Waals surface area contributed by atoms with Crippen molar-refractivity contribution >= 4 is 22.6 Å². The normalized spacial score (nSPS) is 24.9. The first kappa shape index (κ1) is 21.5. The maximum absolute atomic E-state index is 13.7. The summed E-state index contributed by atoms with van der Waals surface area (Å²) in [6.45, 7) is 1.81. The first-order valence-corrected chi connectivity index (χ1v) is 10.6. The standard InChI is InChI=1S/C23H20F4N4O2/c1-11(22(32)29-20-5-4-19(30-31-20)23(25,26)27)21-14-9-13(10-15(14)21)33-18-6-7-28-17-3-2-12(24)8-16(17)18/h2-8,11,13-15,21H,9-10H2,1H3,(H,29,31,32). The lowest BCUT2D eigenvalue weighted by atomic mass is 9.97. The van der Waals surface area contributed by atoms with Crippen LogP contribution in [0.3, 0.4) is 0 Å². The molecule has 0 bridgehead atoms. The number of halogens is 4. The maximum Gasteiger partial charge on any atom is 0.435 e. The molecule has 3 unspecified atom stereocenters. The molecule has 0 radical (unpaired) electrons. The molecule has 2 fully saturated rings. The SMILES string of the molecule is CC(C(=O)Nc1ccc(C(F)(F)F)nn1)C1C2CC(Oc3ccnc4ccc(F)cc34)CC21. The first-order valence-electron chi connectivity index (χ1n) is 10.6. The Morgan fingerprint density at radius 3 is 2.55 bits per heavy atom. The van der Waals surface area contributed by atoms with Gasteiger partial charge >= 0.3 is 6.18 Å². The number of carbonyl (C=O) groups is 1. The van der Waals surface area contributed by atoms with Gasteiger partial charge in [-0.25, -0.2) is 4.39 Å². The number of nitrogens with zero attached hydrogens (tertiary/aromatic N) is 3.